The number of carbonyl (C=O) groups excluding carboxylic acids is 3. The third-order valence-electron chi connectivity index (χ3n) is 25.3. The Hall–Kier alpha value is -8.52. The number of aromatic nitrogens is 5. The van der Waals surface area contributed by atoms with Gasteiger partial charge in [-0.15, -0.1) is 22.7 Å². The average Bonchev–Trinajstić information content (AvgIpc) is 1.42. The van der Waals surface area contributed by atoms with Crippen molar-refractivity contribution in [2.75, 3.05) is 243 Å². The first-order valence-electron chi connectivity index (χ1n) is 44.3. The van der Waals surface area contributed by atoms with Crippen LogP contribution in [0, 0.1) is 12.8 Å². The lowest BCUT2D eigenvalue weighted by Crippen LogP contribution is -2.49. The summed E-state index contributed by atoms with van der Waals surface area (Å²) in [5, 5.41) is 23.0. The first-order valence-corrected chi connectivity index (χ1v) is 46.0. The van der Waals surface area contributed by atoms with E-state index >= 15 is 0 Å². The highest BCUT2D eigenvalue weighted by atomic mass is 32.1. The number of piperidine rings is 2. The summed E-state index contributed by atoms with van der Waals surface area (Å²) in [6, 6.07) is 22.9. The number of carbonyl (C=O) groups is 3. The SMILES string of the molecule is COc1c(C)cc2cccnc2c1N1CCCN(C(CC(=O)NCCN2CCCC2)c2csc(N3CCOCC3)n2)CC1.COc1ccc2cccnc2c1N1CCCN(C(CC(=O)N2CCN(C)CC2)c2csc(N3CCCCC3)n2)CC1.COc1ccc2cccnc2c1N1CCCN(C(CCO)C2CCN(C(=O)OC(C)(C)C)CC2)CC1. The van der Waals surface area contributed by atoms with Crippen LogP contribution in [0.15, 0.2) is 96.1 Å². The van der Waals surface area contributed by atoms with Crippen molar-refractivity contribution in [1.29, 1.82) is 0 Å². The van der Waals surface area contributed by atoms with Crippen LogP contribution in [0.3, 0.4) is 0 Å². The number of hydrogen-bond donors (Lipinski definition) is 2. The molecule has 27 nitrogen and oxygen atoms in total. The number of benzene rings is 3. The molecule has 3 atom stereocenters. The Morgan fingerprint density at radius 3 is 1.57 bits per heavy atom. The van der Waals surface area contributed by atoms with Gasteiger partial charge >= 0.3 is 6.09 Å². The van der Waals surface area contributed by atoms with E-state index in [0.29, 0.717) is 44.4 Å². The average molecular weight is 1680 g/mol. The van der Waals surface area contributed by atoms with E-state index in [1.54, 1.807) is 44.0 Å². The fraction of sp³-hybridized carbons (Fsp3) is 0.604. The number of fused-ring (bicyclic) bond motifs is 3. The van der Waals surface area contributed by atoms with Crippen LogP contribution in [-0.4, -0.2) is 312 Å². The van der Waals surface area contributed by atoms with Crippen LogP contribution in [0.1, 0.15) is 133 Å². The predicted molar refractivity (Wildman–Crippen MR) is 482 cm³/mol. The molecule has 120 heavy (non-hydrogen) atoms. The van der Waals surface area contributed by atoms with Crippen LogP contribution < -0.4 is 44.0 Å². The molecule has 0 saturated carbocycles. The first kappa shape index (κ1) is 87.8. The van der Waals surface area contributed by atoms with Gasteiger partial charge in [-0.1, -0.05) is 18.2 Å². The normalized spacial score (nSPS) is 19.7. The molecule has 8 fully saturated rings. The molecule has 0 spiro atoms. The third-order valence-corrected chi connectivity index (χ3v) is 27.1. The number of likely N-dealkylation sites (N-methyl/N-ethyl adjacent to an activating group) is 1. The van der Waals surface area contributed by atoms with Crippen molar-refractivity contribution in [2.24, 2.45) is 5.92 Å². The molecule has 8 saturated heterocycles. The Kier molecular flexibility index (Phi) is 31.1. The molecule has 0 aliphatic carbocycles. The van der Waals surface area contributed by atoms with Gasteiger partial charge in [0.1, 0.15) is 39.9 Å². The summed E-state index contributed by atoms with van der Waals surface area (Å²) in [6.45, 7) is 32.8. The molecular formula is C91H130N18O9S2. The Balaban J connectivity index is 0.000000148. The molecule has 5 aromatic heterocycles. The highest BCUT2D eigenvalue weighted by molar-refractivity contribution is 7.14. The summed E-state index contributed by atoms with van der Waals surface area (Å²) in [5.41, 5.74) is 8.82. The number of nitrogens with zero attached hydrogens (tertiary/aromatic N) is 17. The van der Waals surface area contributed by atoms with Crippen LogP contribution >= 0.6 is 22.7 Å². The second-order valence-corrected chi connectivity index (χ2v) is 36.0. The van der Waals surface area contributed by atoms with Gasteiger partial charge in [0.05, 0.1) is 74.6 Å². The maximum absolute atomic E-state index is 13.7. The van der Waals surface area contributed by atoms with Crippen molar-refractivity contribution < 1.29 is 43.2 Å². The molecule has 3 unspecified atom stereocenters. The highest BCUT2D eigenvalue weighted by Gasteiger charge is 2.38. The van der Waals surface area contributed by atoms with Gasteiger partial charge in [0.2, 0.25) is 11.8 Å². The second-order valence-electron chi connectivity index (χ2n) is 34.3. The van der Waals surface area contributed by atoms with Gasteiger partial charge in [-0.05, 0) is 178 Å². The number of hydrogen-bond acceptors (Lipinski definition) is 26. The van der Waals surface area contributed by atoms with E-state index in [-0.39, 0.29) is 36.6 Å². The molecule has 13 heterocycles. The zero-order valence-corrected chi connectivity index (χ0v) is 74.0. The highest BCUT2D eigenvalue weighted by Crippen LogP contribution is 2.43. The van der Waals surface area contributed by atoms with E-state index in [4.69, 9.17) is 43.6 Å². The van der Waals surface area contributed by atoms with E-state index < -0.39 is 5.60 Å². The van der Waals surface area contributed by atoms with E-state index in [1.807, 2.05) is 68.5 Å². The number of aliphatic hydroxyl groups is 1. The number of ether oxygens (including phenoxy) is 5. The fourth-order valence-corrected chi connectivity index (χ4v) is 20.8. The molecule has 3 amide bonds. The van der Waals surface area contributed by atoms with E-state index in [9.17, 15) is 19.5 Å². The summed E-state index contributed by atoms with van der Waals surface area (Å²) >= 11 is 3.42. The molecule has 0 radical (unpaired) electrons. The van der Waals surface area contributed by atoms with Crippen molar-refractivity contribution in [3.8, 4) is 17.2 Å². The van der Waals surface area contributed by atoms with E-state index in [0.717, 1.165) is 297 Å². The number of aliphatic hydroxyl groups excluding tert-OH is 1. The number of piperazine rings is 1. The molecule has 8 aliphatic rings. The van der Waals surface area contributed by atoms with Crippen molar-refractivity contribution >= 4 is 101 Å². The van der Waals surface area contributed by atoms with E-state index in [2.05, 4.69) is 131 Å². The number of rotatable bonds is 23. The minimum atomic E-state index is -0.479. The predicted octanol–water partition coefficient (Wildman–Crippen LogP) is 12.0. The molecule has 8 aromatic rings. The van der Waals surface area contributed by atoms with Gasteiger partial charge in [-0.2, -0.15) is 0 Å². The Bertz CT molecular complexity index is 4610. The van der Waals surface area contributed by atoms with Crippen LogP contribution in [0.5, 0.6) is 17.2 Å². The number of morpholine rings is 1. The summed E-state index contributed by atoms with van der Waals surface area (Å²) in [4.78, 5) is 92.2. The van der Waals surface area contributed by atoms with E-state index in [1.165, 1.54) is 32.1 Å². The van der Waals surface area contributed by atoms with Crippen molar-refractivity contribution in [3.63, 3.8) is 0 Å². The number of thiazole rings is 2. The smallest absolute Gasteiger partial charge is 0.410 e. The third kappa shape index (κ3) is 22.3. The molecule has 0 bridgehead atoms. The lowest BCUT2D eigenvalue weighted by atomic mass is 9.86. The number of aryl methyl sites for hydroxylation is 1. The van der Waals surface area contributed by atoms with Gasteiger partial charge < -0.3 is 78.2 Å². The van der Waals surface area contributed by atoms with Crippen LogP contribution in [-0.2, 0) is 19.1 Å². The molecule has 8 aliphatic heterocycles. The minimum absolute atomic E-state index is 0.0237. The fourth-order valence-electron chi connectivity index (χ4n) is 18.9. The summed E-state index contributed by atoms with van der Waals surface area (Å²) in [6.07, 6.45) is 18.1. The summed E-state index contributed by atoms with van der Waals surface area (Å²) in [5.74, 6) is 3.41. The molecule has 16 rings (SSSR count). The van der Waals surface area contributed by atoms with Crippen LogP contribution in [0.2, 0.25) is 0 Å². The zero-order valence-electron chi connectivity index (χ0n) is 72.4. The molecule has 2 N–H and O–H groups in total. The largest absolute Gasteiger partial charge is 0.494 e. The first-order chi connectivity index (χ1) is 58.5. The second kappa shape index (κ2) is 42.5. The van der Waals surface area contributed by atoms with Gasteiger partial charge in [-0.3, -0.25) is 39.2 Å². The standard InChI is InChI=1S/C32H45N7O3S.C31H43N7O2S.C28H42N4O4/c1-24-21-25-7-5-8-34-29(25)30(31(24)41-2)38-13-6-12-37(15-16-38)27(22-28(40)33-9-14-36-10-3-4-11-36)26-23-43-32(35-26)39-17-19-42-20-18-39;1-34-16-18-36(19-17-34)28(39)22-26(25-23-41-31(33-25)38-12-4-3-5-13-38)35-14-7-15-37(21-20-35)30-27(40-2)10-9-24-8-6-11-32-29(24)30;1-28(2,3)36-27(34)32-16-10-21(11-17-32)23(12-20-33)30-14-6-15-31(19-18-30)26-24(35-4)9-8-22-7-5-13-29-25(22)26/h5,7-8,21,23,27H,3-4,6,9-20,22H2,1-2H3,(H,33,40);6,8-11,23,26H,3-5,7,12-22H2,1-2H3;5,7-9,13,21,23,33H,6,10-12,14-20H2,1-4H3. The number of methoxy groups -OCH3 is 3. The lowest BCUT2D eigenvalue weighted by molar-refractivity contribution is -0.134. The monoisotopic (exact) mass is 1680 g/mol. The van der Waals surface area contributed by atoms with Crippen molar-refractivity contribution in [2.45, 2.75) is 135 Å². The molecule has 3 aromatic carbocycles. The number of pyridine rings is 3. The van der Waals surface area contributed by atoms with Crippen molar-refractivity contribution in [3.05, 3.63) is 113 Å². The summed E-state index contributed by atoms with van der Waals surface area (Å²) in [7, 11) is 7.33. The number of anilines is 5. The zero-order chi connectivity index (χ0) is 83.5. The lowest BCUT2D eigenvalue weighted by Gasteiger charge is -2.41. The van der Waals surface area contributed by atoms with Gasteiger partial charge in [-0.25, -0.2) is 14.8 Å². The van der Waals surface area contributed by atoms with Crippen LogP contribution in [0.4, 0.5) is 32.1 Å². The van der Waals surface area contributed by atoms with Gasteiger partial charge in [0.25, 0.3) is 0 Å². The molecule has 29 heteroatoms. The molecular weight excluding hydrogens is 1550 g/mol. The number of amides is 3. The maximum atomic E-state index is 13.7. The number of nitrogens with one attached hydrogen (secondary N) is 1. The van der Waals surface area contributed by atoms with Gasteiger partial charge in [0, 0.05) is 228 Å². The molecule has 650 valence electrons. The Morgan fingerprint density at radius 1 is 0.533 bits per heavy atom. The van der Waals surface area contributed by atoms with Gasteiger partial charge in [0.15, 0.2) is 10.3 Å². The quantitative estimate of drug-likeness (QED) is 0.0606. The van der Waals surface area contributed by atoms with Crippen LogP contribution in [0.25, 0.3) is 32.7 Å². The Morgan fingerprint density at radius 2 is 1.03 bits per heavy atom. The van der Waals surface area contributed by atoms with Crippen molar-refractivity contribution in [1.82, 2.24) is 64.5 Å². The Labute approximate surface area is 718 Å². The minimum Gasteiger partial charge on any atom is -0.494 e. The number of likely N-dealkylation sites (tertiary alicyclic amines) is 2. The summed E-state index contributed by atoms with van der Waals surface area (Å²) < 4.78 is 28.6. The topological polar surface area (TPSA) is 233 Å². The maximum Gasteiger partial charge on any atom is 0.410 e.